The van der Waals surface area contributed by atoms with Gasteiger partial charge in [0.25, 0.3) is 5.91 Å². The fourth-order valence-electron chi connectivity index (χ4n) is 1.56. The van der Waals surface area contributed by atoms with Crippen LogP contribution in [0.15, 0.2) is 36.4 Å². The van der Waals surface area contributed by atoms with Crippen LogP contribution in [-0.2, 0) is 4.79 Å². The van der Waals surface area contributed by atoms with E-state index in [2.05, 4.69) is 5.32 Å². The number of halogens is 3. The number of benzene rings is 2. The van der Waals surface area contributed by atoms with Crippen LogP contribution >= 0.6 is 0 Å². The van der Waals surface area contributed by atoms with Gasteiger partial charge in [-0.15, -0.1) is 0 Å². The van der Waals surface area contributed by atoms with Crippen LogP contribution < -0.4 is 15.8 Å². The van der Waals surface area contributed by atoms with Crippen molar-refractivity contribution in [2.24, 2.45) is 0 Å². The molecule has 0 spiro atoms. The number of hydrogen-bond donors (Lipinski definition) is 2. The standard InChI is InChI=1S/C14H11F3N2O2/c15-8-1-4-13(11(17)5-8)21-7-14(20)19-12-6-9(18)2-3-10(12)16/h1-6H,7,18H2,(H,19,20). The Morgan fingerprint density at radius 1 is 1.10 bits per heavy atom. The molecule has 0 aromatic heterocycles. The van der Waals surface area contributed by atoms with Gasteiger partial charge in [-0.25, -0.2) is 13.2 Å². The van der Waals surface area contributed by atoms with Gasteiger partial charge in [-0.2, -0.15) is 0 Å². The second-order valence-electron chi connectivity index (χ2n) is 4.15. The molecule has 3 N–H and O–H groups in total. The summed E-state index contributed by atoms with van der Waals surface area (Å²) in [6.07, 6.45) is 0. The third kappa shape index (κ3) is 3.88. The number of carbonyl (C=O) groups excluding carboxylic acids is 1. The van der Waals surface area contributed by atoms with Crippen molar-refractivity contribution < 1.29 is 22.7 Å². The van der Waals surface area contributed by atoms with E-state index in [-0.39, 0.29) is 17.1 Å². The highest BCUT2D eigenvalue weighted by Gasteiger charge is 2.10. The van der Waals surface area contributed by atoms with Gasteiger partial charge in [-0.05, 0) is 30.3 Å². The number of nitrogens with one attached hydrogen (secondary N) is 1. The average Bonchev–Trinajstić information content (AvgIpc) is 2.42. The molecule has 0 bridgehead atoms. The third-order valence-corrected chi connectivity index (χ3v) is 2.52. The molecule has 21 heavy (non-hydrogen) atoms. The zero-order valence-electron chi connectivity index (χ0n) is 10.7. The Labute approximate surface area is 118 Å². The van der Waals surface area contributed by atoms with Crippen LogP contribution in [0.25, 0.3) is 0 Å². The normalized spacial score (nSPS) is 10.2. The Bertz CT molecular complexity index is 677. The molecule has 0 atom stereocenters. The lowest BCUT2D eigenvalue weighted by Crippen LogP contribution is -2.21. The first-order chi connectivity index (χ1) is 9.95. The summed E-state index contributed by atoms with van der Waals surface area (Å²) in [5.74, 6) is -3.34. The molecule has 110 valence electrons. The van der Waals surface area contributed by atoms with Crippen LogP contribution in [0.3, 0.4) is 0 Å². The molecular formula is C14H11F3N2O2. The second-order valence-corrected chi connectivity index (χ2v) is 4.15. The van der Waals surface area contributed by atoms with E-state index in [1.165, 1.54) is 12.1 Å². The molecule has 0 aliphatic carbocycles. The monoisotopic (exact) mass is 296 g/mol. The van der Waals surface area contributed by atoms with Crippen molar-refractivity contribution in [3.63, 3.8) is 0 Å². The molecule has 0 aliphatic rings. The van der Waals surface area contributed by atoms with E-state index in [0.29, 0.717) is 6.07 Å². The lowest BCUT2D eigenvalue weighted by molar-refractivity contribution is -0.118. The Balaban J connectivity index is 1.97. The topological polar surface area (TPSA) is 64.3 Å². The van der Waals surface area contributed by atoms with Gasteiger partial charge < -0.3 is 15.8 Å². The zero-order chi connectivity index (χ0) is 15.4. The van der Waals surface area contributed by atoms with Crippen LogP contribution in [0.4, 0.5) is 24.5 Å². The Hall–Kier alpha value is -2.70. The van der Waals surface area contributed by atoms with Crippen LogP contribution in [0, 0.1) is 17.5 Å². The third-order valence-electron chi connectivity index (χ3n) is 2.52. The number of amides is 1. The molecule has 1 amide bonds. The molecule has 2 rings (SSSR count). The van der Waals surface area contributed by atoms with Gasteiger partial charge in [0, 0.05) is 11.8 Å². The van der Waals surface area contributed by atoms with Crippen LogP contribution in [0.2, 0.25) is 0 Å². The minimum atomic E-state index is -0.932. The molecule has 2 aromatic carbocycles. The van der Waals surface area contributed by atoms with Gasteiger partial charge >= 0.3 is 0 Å². The van der Waals surface area contributed by atoms with Crippen molar-refractivity contribution >= 4 is 17.3 Å². The largest absolute Gasteiger partial charge is 0.481 e. The number of ether oxygens (including phenoxy) is 1. The number of anilines is 2. The maximum atomic E-state index is 13.4. The van der Waals surface area contributed by atoms with E-state index in [1.54, 1.807) is 0 Å². The highest BCUT2D eigenvalue weighted by molar-refractivity contribution is 5.92. The maximum absolute atomic E-state index is 13.4. The van der Waals surface area contributed by atoms with Gasteiger partial charge in [-0.3, -0.25) is 4.79 Å². The minimum absolute atomic E-state index is 0.108. The summed E-state index contributed by atoms with van der Waals surface area (Å²) in [4.78, 5) is 11.6. The summed E-state index contributed by atoms with van der Waals surface area (Å²) in [7, 11) is 0. The summed E-state index contributed by atoms with van der Waals surface area (Å²) in [6, 6.07) is 6.37. The summed E-state index contributed by atoms with van der Waals surface area (Å²) in [5, 5.41) is 2.24. The Kier molecular flexibility index (Phi) is 4.32. The quantitative estimate of drug-likeness (QED) is 0.853. The molecule has 0 radical (unpaired) electrons. The maximum Gasteiger partial charge on any atom is 0.262 e. The van der Waals surface area contributed by atoms with Gasteiger partial charge in [-0.1, -0.05) is 0 Å². The average molecular weight is 296 g/mol. The number of rotatable bonds is 4. The first-order valence-corrected chi connectivity index (χ1v) is 5.88. The highest BCUT2D eigenvalue weighted by atomic mass is 19.1. The van der Waals surface area contributed by atoms with Crippen molar-refractivity contribution in [2.75, 3.05) is 17.7 Å². The second kappa shape index (κ2) is 6.17. The molecule has 0 unspecified atom stereocenters. The molecule has 0 aliphatic heterocycles. The number of carbonyl (C=O) groups is 1. The van der Waals surface area contributed by atoms with E-state index in [0.717, 1.165) is 18.2 Å². The lowest BCUT2D eigenvalue weighted by atomic mass is 10.2. The predicted octanol–water partition coefficient (Wildman–Crippen LogP) is 2.70. The SMILES string of the molecule is Nc1ccc(F)c(NC(=O)COc2ccc(F)cc2F)c1. The first kappa shape index (κ1) is 14.7. The molecule has 7 heteroatoms. The highest BCUT2D eigenvalue weighted by Crippen LogP contribution is 2.19. The molecular weight excluding hydrogens is 285 g/mol. The summed E-state index contributed by atoms with van der Waals surface area (Å²) in [5.41, 5.74) is 5.63. The number of nitrogens with two attached hydrogens (primary N) is 1. The van der Waals surface area contributed by atoms with Crippen molar-refractivity contribution in [3.05, 3.63) is 53.8 Å². The van der Waals surface area contributed by atoms with Gasteiger partial charge in [0.2, 0.25) is 0 Å². The predicted molar refractivity (Wildman–Crippen MR) is 71.3 cm³/mol. The van der Waals surface area contributed by atoms with Crippen LogP contribution in [-0.4, -0.2) is 12.5 Å². The molecule has 2 aromatic rings. The van der Waals surface area contributed by atoms with Crippen molar-refractivity contribution in [1.29, 1.82) is 0 Å². The minimum Gasteiger partial charge on any atom is -0.481 e. The van der Waals surface area contributed by atoms with Crippen LogP contribution in [0.5, 0.6) is 5.75 Å². The molecule has 0 heterocycles. The molecule has 4 nitrogen and oxygen atoms in total. The zero-order valence-corrected chi connectivity index (χ0v) is 10.7. The van der Waals surface area contributed by atoms with Crippen molar-refractivity contribution in [3.8, 4) is 5.75 Å². The summed E-state index contributed by atoms with van der Waals surface area (Å²) >= 11 is 0. The Morgan fingerprint density at radius 3 is 2.57 bits per heavy atom. The van der Waals surface area contributed by atoms with E-state index < -0.39 is 30.0 Å². The number of hydrogen-bond acceptors (Lipinski definition) is 3. The van der Waals surface area contributed by atoms with Crippen molar-refractivity contribution in [2.45, 2.75) is 0 Å². The number of nitrogen functional groups attached to an aromatic ring is 1. The molecule has 0 saturated carbocycles. The van der Waals surface area contributed by atoms with E-state index >= 15 is 0 Å². The van der Waals surface area contributed by atoms with Crippen LogP contribution in [0.1, 0.15) is 0 Å². The molecule has 0 saturated heterocycles. The molecule has 0 fully saturated rings. The fourth-order valence-corrected chi connectivity index (χ4v) is 1.56. The van der Waals surface area contributed by atoms with E-state index in [1.807, 2.05) is 0 Å². The van der Waals surface area contributed by atoms with Crippen molar-refractivity contribution in [1.82, 2.24) is 0 Å². The summed E-state index contributed by atoms with van der Waals surface area (Å²) < 4.78 is 44.2. The Morgan fingerprint density at radius 2 is 1.86 bits per heavy atom. The van der Waals surface area contributed by atoms with Gasteiger partial charge in [0.1, 0.15) is 11.6 Å². The fraction of sp³-hybridized carbons (Fsp3) is 0.0714. The van der Waals surface area contributed by atoms with E-state index in [9.17, 15) is 18.0 Å². The summed E-state index contributed by atoms with van der Waals surface area (Å²) in [6.45, 7) is -0.559. The first-order valence-electron chi connectivity index (χ1n) is 5.88. The smallest absolute Gasteiger partial charge is 0.262 e. The van der Waals surface area contributed by atoms with Gasteiger partial charge in [0.05, 0.1) is 5.69 Å². The van der Waals surface area contributed by atoms with Gasteiger partial charge in [0.15, 0.2) is 18.2 Å². The van der Waals surface area contributed by atoms with E-state index in [4.69, 9.17) is 10.5 Å². The lowest BCUT2D eigenvalue weighted by Gasteiger charge is -2.09.